The standard InChI is InChI=1S/C16H19F2N5OS/c1-22-10-19-21-16(22)25-9-11-3-2-4-13(7-11)20-15(24)23-6-5-12(8-23)14(17)18/h2-4,7,10,12,14H,5-6,8-9H2,1H3,(H,20,24). The molecular weight excluding hydrogens is 348 g/mol. The normalized spacial score (nSPS) is 17.3. The summed E-state index contributed by atoms with van der Waals surface area (Å²) in [5, 5.41) is 11.4. The van der Waals surface area contributed by atoms with Gasteiger partial charge in [0.1, 0.15) is 6.33 Å². The van der Waals surface area contributed by atoms with Crippen LogP contribution < -0.4 is 5.32 Å². The van der Waals surface area contributed by atoms with Crippen LogP contribution in [0, 0.1) is 5.92 Å². The van der Waals surface area contributed by atoms with Crippen molar-refractivity contribution in [1.82, 2.24) is 19.7 Å². The van der Waals surface area contributed by atoms with Crippen molar-refractivity contribution in [1.29, 1.82) is 0 Å². The summed E-state index contributed by atoms with van der Waals surface area (Å²) in [6.45, 7) is 0.466. The lowest BCUT2D eigenvalue weighted by atomic mass is 10.1. The number of nitrogens with one attached hydrogen (secondary N) is 1. The predicted molar refractivity (Wildman–Crippen MR) is 91.7 cm³/mol. The summed E-state index contributed by atoms with van der Waals surface area (Å²) in [4.78, 5) is 13.7. The molecule has 25 heavy (non-hydrogen) atoms. The Labute approximate surface area is 148 Å². The predicted octanol–water partition coefficient (Wildman–Crippen LogP) is 3.23. The summed E-state index contributed by atoms with van der Waals surface area (Å²) >= 11 is 1.55. The molecule has 1 saturated heterocycles. The van der Waals surface area contributed by atoms with Crippen molar-refractivity contribution >= 4 is 23.5 Å². The zero-order chi connectivity index (χ0) is 17.8. The van der Waals surface area contributed by atoms with Crippen molar-refractivity contribution in [3.63, 3.8) is 0 Å². The van der Waals surface area contributed by atoms with E-state index in [-0.39, 0.29) is 12.6 Å². The number of amides is 2. The van der Waals surface area contributed by atoms with Gasteiger partial charge in [-0.3, -0.25) is 0 Å². The van der Waals surface area contributed by atoms with Crippen LogP contribution in [0.25, 0.3) is 0 Å². The van der Waals surface area contributed by atoms with Gasteiger partial charge in [0.05, 0.1) is 0 Å². The number of likely N-dealkylation sites (tertiary alicyclic amines) is 1. The third kappa shape index (κ3) is 4.47. The second-order valence-electron chi connectivity index (χ2n) is 5.97. The molecule has 0 saturated carbocycles. The minimum atomic E-state index is -2.38. The van der Waals surface area contributed by atoms with Crippen molar-refractivity contribution in [2.75, 3.05) is 18.4 Å². The Morgan fingerprint density at radius 2 is 2.32 bits per heavy atom. The molecule has 134 valence electrons. The van der Waals surface area contributed by atoms with Crippen LogP contribution in [0.3, 0.4) is 0 Å². The highest BCUT2D eigenvalue weighted by atomic mass is 32.2. The minimum Gasteiger partial charge on any atom is -0.324 e. The summed E-state index contributed by atoms with van der Waals surface area (Å²) < 4.78 is 27.3. The van der Waals surface area contributed by atoms with Gasteiger partial charge < -0.3 is 14.8 Å². The Bertz CT molecular complexity index is 739. The average Bonchev–Trinajstić information content (AvgIpc) is 3.22. The maximum atomic E-state index is 12.7. The van der Waals surface area contributed by atoms with Gasteiger partial charge in [-0.2, -0.15) is 0 Å². The lowest BCUT2D eigenvalue weighted by Gasteiger charge is -2.17. The Balaban J connectivity index is 1.56. The molecule has 9 heteroatoms. The van der Waals surface area contributed by atoms with Gasteiger partial charge in [-0.25, -0.2) is 13.6 Å². The van der Waals surface area contributed by atoms with E-state index in [9.17, 15) is 13.6 Å². The molecule has 0 spiro atoms. The van der Waals surface area contributed by atoms with Crippen LogP contribution in [-0.2, 0) is 12.8 Å². The highest BCUT2D eigenvalue weighted by molar-refractivity contribution is 7.98. The van der Waals surface area contributed by atoms with Crippen molar-refractivity contribution in [3.05, 3.63) is 36.2 Å². The van der Waals surface area contributed by atoms with Crippen LogP contribution in [0.2, 0.25) is 0 Å². The SMILES string of the molecule is Cn1cnnc1SCc1cccc(NC(=O)N2CCC(C(F)F)C2)c1. The lowest BCUT2D eigenvalue weighted by molar-refractivity contribution is 0.0829. The average molecular weight is 367 g/mol. The Hall–Kier alpha value is -2.16. The largest absolute Gasteiger partial charge is 0.324 e. The Morgan fingerprint density at radius 1 is 1.48 bits per heavy atom. The number of thioether (sulfide) groups is 1. The van der Waals surface area contributed by atoms with E-state index >= 15 is 0 Å². The van der Waals surface area contributed by atoms with Crippen LogP contribution in [0.4, 0.5) is 19.3 Å². The first kappa shape index (κ1) is 17.7. The van der Waals surface area contributed by atoms with E-state index in [1.165, 1.54) is 4.90 Å². The number of carbonyl (C=O) groups excluding carboxylic acids is 1. The van der Waals surface area contributed by atoms with E-state index in [0.29, 0.717) is 24.4 Å². The quantitative estimate of drug-likeness (QED) is 0.824. The number of urea groups is 1. The molecule has 1 aliphatic heterocycles. The highest BCUT2D eigenvalue weighted by Crippen LogP contribution is 2.24. The number of rotatable bonds is 5. The molecule has 0 radical (unpaired) electrons. The lowest BCUT2D eigenvalue weighted by Crippen LogP contribution is -2.33. The van der Waals surface area contributed by atoms with Crippen LogP contribution in [-0.4, -0.2) is 45.2 Å². The third-order valence-electron chi connectivity index (χ3n) is 4.08. The smallest absolute Gasteiger partial charge is 0.321 e. The van der Waals surface area contributed by atoms with Crippen molar-refractivity contribution in [3.8, 4) is 0 Å². The number of halogens is 2. The van der Waals surface area contributed by atoms with Crippen LogP contribution in [0.5, 0.6) is 0 Å². The first-order valence-electron chi connectivity index (χ1n) is 7.92. The Kier molecular flexibility index (Phi) is 5.52. The molecule has 1 aromatic carbocycles. The number of aromatic nitrogens is 3. The summed E-state index contributed by atoms with van der Waals surface area (Å²) in [7, 11) is 1.88. The molecule has 3 rings (SSSR count). The van der Waals surface area contributed by atoms with E-state index in [0.717, 1.165) is 10.7 Å². The van der Waals surface area contributed by atoms with Gasteiger partial charge in [-0.05, 0) is 24.1 Å². The fourth-order valence-electron chi connectivity index (χ4n) is 2.67. The van der Waals surface area contributed by atoms with E-state index in [2.05, 4.69) is 15.5 Å². The molecule has 0 aliphatic carbocycles. The minimum absolute atomic E-state index is 0.102. The number of hydrogen-bond acceptors (Lipinski definition) is 4. The molecule has 2 aromatic rings. The molecule has 2 amide bonds. The van der Waals surface area contributed by atoms with Gasteiger partial charge in [-0.1, -0.05) is 23.9 Å². The van der Waals surface area contributed by atoms with Gasteiger partial charge in [0.25, 0.3) is 0 Å². The fraction of sp³-hybridized carbons (Fsp3) is 0.438. The van der Waals surface area contributed by atoms with Gasteiger partial charge in [0, 0.05) is 37.5 Å². The fourth-order valence-corrected chi connectivity index (χ4v) is 3.50. The zero-order valence-corrected chi connectivity index (χ0v) is 14.5. The molecule has 1 aliphatic rings. The van der Waals surface area contributed by atoms with E-state index in [1.54, 1.807) is 24.2 Å². The second-order valence-corrected chi connectivity index (χ2v) is 6.92. The number of nitrogens with zero attached hydrogens (tertiary/aromatic N) is 4. The number of carbonyl (C=O) groups is 1. The van der Waals surface area contributed by atoms with Crippen molar-refractivity contribution in [2.45, 2.75) is 23.8 Å². The maximum Gasteiger partial charge on any atom is 0.321 e. The van der Waals surface area contributed by atoms with Crippen LogP contribution in [0.15, 0.2) is 35.7 Å². The molecule has 1 N–H and O–H groups in total. The molecule has 1 atom stereocenters. The molecule has 1 fully saturated rings. The number of aryl methyl sites for hydroxylation is 1. The topological polar surface area (TPSA) is 63.1 Å². The van der Waals surface area contributed by atoms with Crippen LogP contribution >= 0.6 is 11.8 Å². The van der Waals surface area contributed by atoms with E-state index in [1.807, 2.05) is 29.8 Å². The highest BCUT2D eigenvalue weighted by Gasteiger charge is 2.32. The van der Waals surface area contributed by atoms with E-state index in [4.69, 9.17) is 0 Å². The van der Waals surface area contributed by atoms with Crippen molar-refractivity contribution < 1.29 is 13.6 Å². The summed E-state index contributed by atoms with van der Waals surface area (Å²) in [6, 6.07) is 7.15. The summed E-state index contributed by atoms with van der Waals surface area (Å²) in [5.74, 6) is -0.0344. The van der Waals surface area contributed by atoms with Crippen LogP contribution in [0.1, 0.15) is 12.0 Å². The van der Waals surface area contributed by atoms with Gasteiger partial charge in [0.15, 0.2) is 5.16 Å². The number of anilines is 1. The second kappa shape index (κ2) is 7.81. The summed E-state index contributed by atoms with van der Waals surface area (Å²) in [6.07, 6.45) is -0.389. The van der Waals surface area contributed by atoms with E-state index < -0.39 is 12.3 Å². The third-order valence-corrected chi connectivity index (χ3v) is 5.19. The molecule has 6 nitrogen and oxygen atoms in total. The summed E-state index contributed by atoms with van der Waals surface area (Å²) in [5.41, 5.74) is 1.68. The van der Waals surface area contributed by atoms with Gasteiger partial charge in [-0.15, -0.1) is 10.2 Å². The van der Waals surface area contributed by atoms with Gasteiger partial charge in [0.2, 0.25) is 6.43 Å². The molecular formula is C16H19F2N5OS. The first-order chi connectivity index (χ1) is 12.0. The molecule has 0 bridgehead atoms. The van der Waals surface area contributed by atoms with Crippen molar-refractivity contribution in [2.24, 2.45) is 13.0 Å². The zero-order valence-electron chi connectivity index (χ0n) is 13.7. The first-order valence-corrected chi connectivity index (χ1v) is 8.91. The monoisotopic (exact) mass is 367 g/mol. The Morgan fingerprint density at radius 3 is 3.00 bits per heavy atom. The number of benzene rings is 1. The molecule has 1 aromatic heterocycles. The molecule has 1 unspecified atom stereocenters. The van der Waals surface area contributed by atoms with Gasteiger partial charge >= 0.3 is 6.03 Å². The number of hydrogen-bond donors (Lipinski definition) is 1. The molecule has 2 heterocycles. The number of alkyl halides is 2. The maximum absolute atomic E-state index is 12.7.